The molecule has 1 amide bonds. The second-order valence-electron chi connectivity index (χ2n) is 5.75. The molecule has 0 unspecified atom stereocenters. The number of nitrogens with zero attached hydrogens (tertiary/aromatic N) is 1. The van der Waals surface area contributed by atoms with Crippen LogP contribution < -0.4 is 5.32 Å². The van der Waals surface area contributed by atoms with Crippen LogP contribution in [0.4, 0.5) is 0 Å². The van der Waals surface area contributed by atoms with Gasteiger partial charge in [0.05, 0.1) is 18.3 Å². The fourth-order valence-corrected chi connectivity index (χ4v) is 2.82. The number of aromatic amines is 1. The molecule has 0 bridgehead atoms. The number of carbonyl (C=O) groups is 2. The van der Waals surface area contributed by atoms with Gasteiger partial charge in [0.2, 0.25) is 0 Å². The molecule has 0 aliphatic carbocycles. The molecule has 0 fully saturated rings. The van der Waals surface area contributed by atoms with Crippen molar-refractivity contribution in [1.82, 2.24) is 15.3 Å². The van der Waals surface area contributed by atoms with Gasteiger partial charge in [0.1, 0.15) is 16.9 Å². The molecule has 2 N–H and O–H groups in total. The van der Waals surface area contributed by atoms with Crippen LogP contribution in [-0.2, 0) is 16.0 Å². The molecular weight excluding hydrogens is 354 g/mol. The van der Waals surface area contributed by atoms with Crippen molar-refractivity contribution in [3.8, 4) is 0 Å². The summed E-state index contributed by atoms with van der Waals surface area (Å²) >= 11 is 5.87. The van der Waals surface area contributed by atoms with Gasteiger partial charge in [-0.15, -0.1) is 0 Å². The standard InChI is InChI=1S/C19H18ClN3O3/c1-2-26-19(25)15(8-12-6-4-3-5-7-12)23-18(24)14-9-13-10-17(20)21-11-16(13)22-14/h3-7,9-11,15,22H,2,8H2,1H3,(H,23,24)/t15-/m0/s1. The van der Waals surface area contributed by atoms with E-state index in [1.165, 1.54) is 0 Å². The van der Waals surface area contributed by atoms with E-state index in [0.717, 1.165) is 10.9 Å². The summed E-state index contributed by atoms with van der Waals surface area (Å²) in [6.07, 6.45) is 1.90. The fourth-order valence-electron chi connectivity index (χ4n) is 2.65. The summed E-state index contributed by atoms with van der Waals surface area (Å²) in [4.78, 5) is 31.8. The minimum absolute atomic E-state index is 0.247. The number of esters is 1. The molecule has 3 rings (SSSR count). The lowest BCUT2D eigenvalue weighted by Crippen LogP contribution is -2.43. The molecule has 3 aromatic rings. The first-order valence-electron chi connectivity index (χ1n) is 8.22. The van der Waals surface area contributed by atoms with E-state index in [1.54, 1.807) is 25.3 Å². The number of hydrogen-bond donors (Lipinski definition) is 2. The Morgan fingerprint density at radius 2 is 2.04 bits per heavy atom. The van der Waals surface area contributed by atoms with Crippen molar-refractivity contribution >= 4 is 34.4 Å². The first kappa shape index (κ1) is 17.9. The van der Waals surface area contributed by atoms with E-state index in [2.05, 4.69) is 15.3 Å². The number of amides is 1. The number of ether oxygens (including phenoxy) is 1. The van der Waals surface area contributed by atoms with Gasteiger partial charge < -0.3 is 15.0 Å². The predicted octanol–water partition coefficient (Wildman–Crippen LogP) is 3.12. The number of H-pyrrole nitrogens is 1. The lowest BCUT2D eigenvalue weighted by Gasteiger charge is -2.17. The Morgan fingerprint density at radius 3 is 2.77 bits per heavy atom. The maximum absolute atomic E-state index is 12.6. The maximum atomic E-state index is 12.6. The van der Waals surface area contributed by atoms with E-state index in [-0.39, 0.29) is 6.61 Å². The van der Waals surface area contributed by atoms with Gasteiger partial charge in [-0.25, -0.2) is 9.78 Å². The zero-order chi connectivity index (χ0) is 18.5. The Bertz CT molecular complexity index is 924. The second kappa shape index (κ2) is 8.01. The van der Waals surface area contributed by atoms with Crippen LogP contribution >= 0.6 is 11.6 Å². The number of carbonyl (C=O) groups excluding carboxylic acids is 2. The van der Waals surface area contributed by atoms with Crippen molar-refractivity contribution in [3.63, 3.8) is 0 Å². The number of pyridine rings is 1. The van der Waals surface area contributed by atoms with E-state index in [1.807, 2.05) is 30.3 Å². The average Bonchev–Trinajstić information content (AvgIpc) is 3.05. The molecule has 2 heterocycles. The summed E-state index contributed by atoms with van der Waals surface area (Å²) in [5.41, 5.74) is 1.94. The molecule has 134 valence electrons. The van der Waals surface area contributed by atoms with Gasteiger partial charge in [0.25, 0.3) is 5.91 Å². The van der Waals surface area contributed by atoms with Crippen LogP contribution in [0.15, 0.2) is 48.7 Å². The Kier molecular flexibility index (Phi) is 5.53. The fraction of sp³-hybridized carbons (Fsp3) is 0.211. The normalized spacial score (nSPS) is 11.9. The van der Waals surface area contributed by atoms with E-state index in [9.17, 15) is 9.59 Å². The summed E-state index contributed by atoms with van der Waals surface area (Å²) in [6.45, 7) is 1.98. The molecule has 6 nitrogen and oxygen atoms in total. The largest absolute Gasteiger partial charge is 0.464 e. The Morgan fingerprint density at radius 1 is 1.27 bits per heavy atom. The van der Waals surface area contributed by atoms with Gasteiger partial charge in [0, 0.05) is 11.8 Å². The van der Waals surface area contributed by atoms with Crippen LogP contribution in [0.25, 0.3) is 10.9 Å². The third-order valence-electron chi connectivity index (χ3n) is 3.88. The van der Waals surface area contributed by atoms with Crippen LogP contribution in [-0.4, -0.2) is 34.5 Å². The van der Waals surface area contributed by atoms with Crippen LogP contribution in [0.2, 0.25) is 5.15 Å². The highest BCUT2D eigenvalue weighted by Crippen LogP contribution is 2.18. The van der Waals surface area contributed by atoms with Crippen LogP contribution in [0.5, 0.6) is 0 Å². The van der Waals surface area contributed by atoms with E-state index in [4.69, 9.17) is 16.3 Å². The first-order valence-corrected chi connectivity index (χ1v) is 8.60. The Labute approximate surface area is 155 Å². The Hall–Kier alpha value is -2.86. The minimum Gasteiger partial charge on any atom is -0.464 e. The SMILES string of the molecule is CCOC(=O)[C@H](Cc1ccccc1)NC(=O)c1cc2cc(Cl)ncc2[nH]1. The summed E-state index contributed by atoms with van der Waals surface area (Å²) in [5.74, 6) is -0.864. The molecule has 0 saturated heterocycles. The molecule has 0 radical (unpaired) electrons. The Balaban J connectivity index is 1.79. The zero-order valence-electron chi connectivity index (χ0n) is 14.2. The summed E-state index contributed by atoms with van der Waals surface area (Å²) in [7, 11) is 0. The van der Waals surface area contributed by atoms with E-state index in [0.29, 0.717) is 22.8 Å². The minimum atomic E-state index is -0.780. The highest BCUT2D eigenvalue weighted by Gasteiger charge is 2.24. The number of hydrogen-bond acceptors (Lipinski definition) is 4. The number of fused-ring (bicyclic) bond motifs is 1. The van der Waals surface area contributed by atoms with E-state index >= 15 is 0 Å². The highest BCUT2D eigenvalue weighted by molar-refractivity contribution is 6.30. The van der Waals surface area contributed by atoms with Gasteiger partial charge in [0.15, 0.2) is 0 Å². The van der Waals surface area contributed by atoms with Crippen LogP contribution in [0, 0.1) is 0 Å². The summed E-state index contributed by atoms with van der Waals surface area (Å²) in [5, 5.41) is 3.86. The number of nitrogens with one attached hydrogen (secondary N) is 2. The lowest BCUT2D eigenvalue weighted by atomic mass is 10.1. The van der Waals surface area contributed by atoms with Gasteiger partial charge in [-0.3, -0.25) is 4.79 Å². The molecule has 0 spiro atoms. The number of benzene rings is 1. The number of rotatable bonds is 6. The molecule has 7 heteroatoms. The van der Waals surface area contributed by atoms with Gasteiger partial charge in [-0.1, -0.05) is 41.9 Å². The molecule has 1 atom stereocenters. The van der Waals surface area contributed by atoms with Gasteiger partial charge >= 0.3 is 5.97 Å². The smallest absolute Gasteiger partial charge is 0.328 e. The topological polar surface area (TPSA) is 84.1 Å². The van der Waals surface area contributed by atoms with Crippen molar-refractivity contribution < 1.29 is 14.3 Å². The molecule has 0 aliphatic heterocycles. The summed E-state index contributed by atoms with van der Waals surface area (Å²) < 4.78 is 5.10. The van der Waals surface area contributed by atoms with Gasteiger partial charge in [-0.05, 0) is 24.6 Å². The molecular formula is C19H18ClN3O3. The quantitative estimate of drug-likeness (QED) is 0.515. The van der Waals surface area contributed by atoms with Gasteiger partial charge in [-0.2, -0.15) is 0 Å². The maximum Gasteiger partial charge on any atom is 0.328 e. The monoisotopic (exact) mass is 371 g/mol. The second-order valence-corrected chi connectivity index (χ2v) is 6.13. The predicted molar refractivity (Wildman–Crippen MR) is 99.1 cm³/mol. The molecule has 2 aromatic heterocycles. The van der Waals surface area contributed by atoms with Crippen LogP contribution in [0.3, 0.4) is 0 Å². The summed E-state index contributed by atoms with van der Waals surface area (Å²) in [6, 6.07) is 12.0. The van der Waals surface area contributed by atoms with Crippen molar-refractivity contribution in [2.24, 2.45) is 0 Å². The first-order chi connectivity index (χ1) is 12.6. The van der Waals surface area contributed by atoms with E-state index < -0.39 is 17.9 Å². The highest BCUT2D eigenvalue weighted by atomic mass is 35.5. The van der Waals surface area contributed by atoms with Crippen LogP contribution in [0.1, 0.15) is 23.0 Å². The average molecular weight is 372 g/mol. The third-order valence-corrected chi connectivity index (χ3v) is 4.08. The van der Waals surface area contributed by atoms with Crippen molar-refractivity contribution in [1.29, 1.82) is 0 Å². The number of halogens is 1. The van der Waals surface area contributed by atoms with Crippen molar-refractivity contribution in [2.45, 2.75) is 19.4 Å². The lowest BCUT2D eigenvalue weighted by molar-refractivity contribution is -0.145. The molecule has 26 heavy (non-hydrogen) atoms. The number of aromatic nitrogens is 2. The van der Waals surface area contributed by atoms with Crippen molar-refractivity contribution in [3.05, 3.63) is 65.1 Å². The zero-order valence-corrected chi connectivity index (χ0v) is 14.9. The van der Waals surface area contributed by atoms with Crippen molar-refractivity contribution in [2.75, 3.05) is 6.61 Å². The molecule has 0 saturated carbocycles. The third kappa shape index (κ3) is 4.21. The molecule has 1 aromatic carbocycles. The molecule has 0 aliphatic rings.